The monoisotopic (exact) mass is 409 g/mol. The molecule has 152 valence electrons. The first-order valence-corrected chi connectivity index (χ1v) is 8.66. The van der Waals surface area contributed by atoms with Crippen molar-refractivity contribution in [3.8, 4) is 11.5 Å². The predicted octanol–water partition coefficient (Wildman–Crippen LogP) is 1.60. The molecular weight excluding hydrogens is 386 g/mol. The molecule has 1 aliphatic heterocycles. The quantitative estimate of drug-likeness (QED) is 0.666. The molecular formula is C18H24ClN5O4. The molecule has 0 aliphatic carbocycles. The Kier molecular flexibility index (Phi) is 7.24. The fourth-order valence-electron chi connectivity index (χ4n) is 3.09. The van der Waals surface area contributed by atoms with Gasteiger partial charge in [0.15, 0.2) is 17.2 Å². The van der Waals surface area contributed by atoms with Crippen LogP contribution in [0.3, 0.4) is 0 Å². The number of hydrogen-bond acceptors (Lipinski definition) is 6. The lowest BCUT2D eigenvalue weighted by molar-refractivity contribution is 0.100. The second kappa shape index (κ2) is 9.43. The van der Waals surface area contributed by atoms with Gasteiger partial charge >= 0.3 is 0 Å². The standard InChI is InChI=1S/C18H23N5O4.ClH/c1-26-15-8-12(17(19)24)14(9-16(15)27-2)21-18(25)13-5-7-23(22-13)11-4-3-6-20-10-11;/h5,7-9,11,20H,3-4,6,10H2,1-2H3,(H2,19,24)(H,21,25);1H. The van der Waals surface area contributed by atoms with Crippen LogP contribution in [0.5, 0.6) is 11.5 Å². The van der Waals surface area contributed by atoms with Crippen LogP contribution in [0.4, 0.5) is 5.69 Å². The zero-order valence-electron chi connectivity index (χ0n) is 15.7. The largest absolute Gasteiger partial charge is 0.493 e. The van der Waals surface area contributed by atoms with Gasteiger partial charge in [0.2, 0.25) is 0 Å². The Hall–Kier alpha value is -2.78. The van der Waals surface area contributed by atoms with E-state index in [-0.39, 0.29) is 35.4 Å². The molecule has 1 aliphatic rings. The van der Waals surface area contributed by atoms with E-state index in [1.54, 1.807) is 16.9 Å². The van der Waals surface area contributed by atoms with Crippen molar-refractivity contribution in [2.45, 2.75) is 18.9 Å². The van der Waals surface area contributed by atoms with Gasteiger partial charge in [-0.15, -0.1) is 12.4 Å². The number of nitrogens with two attached hydrogens (primary N) is 1. The third-order valence-electron chi connectivity index (χ3n) is 4.52. The topological polar surface area (TPSA) is 121 Å². The van der Waals surface area contributed by atoms with Crippen LogP contribution < -0.4 is 25.8 Å². The molecule has 0 spiro atoms. The Morgan fingerprint density at radius 3 is 2.61 bits per heavy atom. The smallest absolute Gasteiger partial charge is 0.276 e. The Labute approximate surface area is 169 Å². The summed E-state index contributed by atoms with van der Waals surface area (Å²) in [5.41, 5.74) is 6.05. The molecule has 1 fully saturated rings. The maximum atomic E-state index is 12.6. The molecule has 3 rings (SSSR count). The first kappa shape index (κ1) is 21.5. The Balaban J connectivity index is 0.00000280. The van der Waals surface area contributed by atoms with Crippen LogP contribution in [0, 0.1) is 0 Å². The van der Waals surface area contributed by atoms with Crippen LogP contribution in [0.15, 0.2) is 24.4 Å². The van der Waals surface area contributed by atoms with Crippen LogP contribution >= 0.6 is 12.4 Å². The summed E-state index contributed by atoms with van der Waals surface area (Å²) in [6.45, 7) is 1.82. The Morgan fingerprint density at radius 2 is 2.00 bits per heavy atom. The van der Waals surface area contributed by atoms with Gasteiger partial charge in [-0.2, -0.15) is 5.10 Å². The fraction of sp³-hybridized carbons (Fsp3) is 0.389. The van der Waals surface area contributed by atoms with Gasteiger partial charge in [-0.1, -0.05) is 0 Å². The van der Waals surface area contributed by atoms with Crippen molar-refractivity contribution in [1.82, 2.24) is 15.1 Å². The van der Waals surface area contributed by atoms with Gasteiger partial charge in [0.05, 0.1) is 31.5 Å². The van der Waals surface area contributed by atoms with Gasteiger partial charge in [-0.05, 0) is 31.5 Å². The van der Waals surface area contributed by atoms with E-state index < -0.39 is 11.8 Å². The lowest BCUT2D eigenvalue weighted by Gasteiger charge is -2.22. The molecule has 2 aromatic rings. The highest BCUT2D eigenvalue weighted by Gasteiger charge is 2.20. The number of rotatable bonds is 6. The number of anilines is 1. The van der Waals surface area contributed by atoms with E-state index in [1.807, 2.05) is 0 Å². The lowest BCUT2D eigenvalue weighted by Crippen LogP contribution is -2.32. The van der Waals surface area contributed by atoms with Gasteiger partial charge in [-0.3, -0.25) is 14.3 Å². The number of halogens is 1. The first-order valence-electron chi connectivity index (χ1n) is 8.66. The van der Waals surface area contributed by atoms with Crippen LogP contribution in [-0.4, -0.2) is 48.9 Å². The van der Waals surface area contributed by atoms with Crippen LogP contribution in [-0.2, 0) is 0 Å². The number of carbonyl (C=O) groups excluding carboxylic acids is 2. The molecule has 1 aromatic carbocycles. The average Bonchev–Trinajstić information content (AvgIpc) is 3.18. The number of nitrogens with one attached hydrogen (secondary N) is 2. The zero-order valence-corrected chi connectivity index (χ0v) is 16.5. The number of amides is 2. The molecule has 0 saturated carbocycles. The van der Waals surface area contributed by atoms with Gasteiger partial charge in [-0.25, -0.2) is 0 Å². The number of methoxy groups -OCH3 is 2. The Morgan fingerprint density at radius 1 is 1.29 bits per heavy atom. The van der Waals surface area contributed by atoms with E-state index in [0.29, 0.717) is 11.5 Å². The molecule has 0 radical (unpaired) electrons. The molecule has 2 amide bonds. The first-order chi connectivity index (χ1) is 13.0. The van der Waals surface area contributed by atoms with Crippen molar-refractivity contribution in [1.29, 1.82) is 0 Å². The number of piperidine rings is 1. The summed E-state index contributed by atoms with van der Waals surface area (Å²) in [4.78, 5) is 24.4. The summed E-state index contributed by atoms with van der Waals surface area (Å²) < 4.78 is 12.2. The van der Waals surface area contributed by atoms with Crippen molar-refractivity contribution < 1.29 is 19.1 Å². The molecule has 9 nitrogen and oxygen atoms in total. The van der Waals surface area contributed by atoms with Crippen LogP contribution in [0.1, 0.15) is 39.7 Å². The Bertz CT molecular complexity index is 848. The molecule has 28 heavy (non-hydrogen) atoms. The van der Waals surface area contributed by atoms with Crippen molar-refractivity contribution in [3.05, 3.63) is 35.7 Å². The van der Waals surface area contributed by atoms with Crippen molar-refractivity contribution in [3.63, 3.8) is 0 Å². The summed E-state index contributed by atoms with van der Waals surface area (Å²) >= 11 is 0. The minimum Gasteiger partial charge on any atom is -0.493 e. The highest BCUT2D eigenvalue weighted by atomic mass is 35.5. The normalized spacial score (nSPS) is 16.0. The molecule has 0 bridgehead atoms. The van der Waals surface area contributed by atoms with Crippen molar-refractivity contribution >= 4 is 29.9 Å². The van der Waals surface area contributed by atoms with E-state index in [9.17, 15) is 9.59 Å². The van der Waals surface area contributed by atoms with Crippen molar-refractivity contribution in [2.75, 3.05) is 32.6 Å². The number of ether oxygens (including phenoxy) is 2. The molecule has 4 N–H and O–H groups in total. The van der Waals surface area contributed by atoms with Crippen molar-refractivity contribution in [2.24, 2.45) is 5.73 Å². The fourth-order valence-corrected chi connectivity index (χ4v) is 3.09. The zero-order chi connectivity index (χ0) is 19.4. The summed E-state index contributed by atoms with van der Waals surface area (Å²) in [6, 6.07) is 4.80. The second-order valence-corrected chi connectivity index (χ2v) is 6.25. The maximum Gasteiger partial charge on any atom is 0.276 e. The molecule has 1 atom stereocenters. The molecule has 1 aromatic heterocycles. The summed E-state index contributed by atoms with van der Waals surface area (Å²) in [5.74, 6) is -0.410. The lowest BCUT2D eigenvalue weighted by atomic mass is 10.1. The summed E-state index contributed by atoms with van der Waals surface area (Å²) in [5, 5.41) is 10.4. The van der Waals surface area contributed by atoms with Gasteiger partial charge in [0.25, 0.3) is 11.8 Å². The maximum absolute atomic E-state index is 12.6. The van der Waals surface area contributed by atoms with Gasteiger partial charge in [0.1, 0.15) is 0 Å². The number of hydrogen-bond donors (Lipinski definition) is 3. The number of carbonyl (C=O) groups is 2. The van der Waals surface area contributed by atoms with E-state index in [2.05, 4.69) is 15.7 Å². The van der Waals surface area contributed by atoms with E-state index >= 15 is 0 Å². The number of nitrogens with zero attached hydrogens (tertiary/aromatic N) is 2. The predicted molar refractivity (Wildman–Crippen MR) is 107 cm³/mol. The molecule has 2 heterocycles. The number of aromatic nitrogens is 2. The van der Waals surface area contributed by atoms with E-state index in [1.165, 1.54) is 26.4 Å². The highest BCUT2D eigenvalue weighted by Crippen LogP contribution is 2.33. The molecule has 10 heteroatoms. The third-order valence-corrected chi connectivity index (χ3v) is 4.52. The van der Waals surface area contributed by atoms with E-state index in [4.69, 9.17) is 15.2 Å². The molecule has 1 unspecified atom stereocenters. The number of benzene rings is 1. The van der Waals surface area contributed by atoms with Crippen LogP contribution in [0.25, 0.3) is 0 Å². The SMILES string of the molecule is COc1cc(NC(=O)c2ccn(C3CCCNC3)n2)c(C(N)=O)cc1OC.Cl. The minimum absolute atomic E-state index is 0. The van der Waals surface area contributed by atoms with E-state index in [0.717, 1.165) is 25.9 Å². The molecule has 1 saturated heterocycles. The highest BCUT2D eigenvalue weighted by molar-refractivity contribution is 6.08. The second-order valence-electron chi connectivity index (χ2n) is 6.25. The summed E-state index contributed by atoms with van der Waals surface area (Å²) in [7, 11) is 2.92. The number of primary amides is 1. The third kappa shape index (κ3) is 4.55. The van der Waals surface area contributed by atoms with Gasteiger partial charge in [0, 0.05) is 18.8 Å². The van der Waals surface area contributed by atoms with Crippen LogP contribution in [0.2, 0.25) is 0 Å². The minimum atomic E-state index is -0.690. The summed E-state index contributed by atoms with van der Waals surface area (Å²) in [6.07, 6.45) is 3.87. The van der Waals surface area contributed by atoms with Gasteiger partial charge < -0.3 is 25.8 Å². The average molecular weight is 410 g/mol.